The molecular weight excluding hydrogens is 441 g/mol. The molecule has 0 bridgehead atoms. The highest BCUT2D eigenvalue weighted by Gasteiger charge is 2.36. The number of anilines is 1. The molecule has 0 spiro atoms. The van der Waals surface area contributed by atoms with Crippen molar-refractivity contribution in [1.82, 2.24) is 9.78 Å². The average Bonchev–Trinajstić information content (AvgIpc) is 3.48. The first-order chi connectivity index (χ1) is 15.7. The van der Waals surface area contributed by atoms with Crippen molar-refractivity contribution < 1.29 is 22.0 Å². The van der Waals surface area contributed by atoms with Gasteiger partial charge in [0.2, 0.25) is 0 Å². The largest absolute Gasteiger partial charge is 0.418 e. The van der Waals surface area contributed by atoms with Crippen LogP contribution in [0, 0.1) is 11.6 Å². The van der Waals surface area contributed by atoms with E-state index in [0.29, 0.717) is 36.1 Å². The number of aromatic nitrogens is 2. The third kappa shape index (κ3) is 3.79. The van der Waals surface area contributed by atoms with Gasteiger partial charge in [0.1, 0.15) is 0 Å². The maximum absolute atomic E-state index is 13.9. The summed E-state index contributed by atoms with van der Waals surface area (Å²) in [5.74, 6) is -2.13. The van der Waals surface area contributed by atoms with Gasteiger partial charge in [0.05, 0.1) is 16.9 Å². The molecule has 4 nitrogen and oxygen atoms in total. The fourth-order valence-electron chi connectivity index (χ4n) is 4.72. The van der Waals surface area contributed by atoms with E-state index in [1.807, 2.05) is 4.90 Å². The average molecular weight is 461 g/mol. The Balaban J connectivity index is 1.76. The summed E-state index contributed by atoms with van der Waals surface area (Å²) in [6, 6.07) is 6.95. The molecule has 0 N–H and O–H groups in total. The van der Waals surface area contributed by atoms with E-state index >= 15 is 0 Å². The van der Waals surface area contributed by atoms with E-state index in [-0.39, 0.29) is 16.9 Å². The number of alkyl halides is 3. The lowest BCUT2D eigenvalue weighted by atomic mass is 10.0. The zero-order chi connectivity index (χ0) is 23.3. The molecule has 0 amide bonds. The van der Waals surface area contributed by atoms with E-state index in [1.54, 1.807) is 0 Å². The maximum atomic E-state index is 13.9. The first kappa shape index (κ1) is 21.6. The minimum Gasteiger partial charge on any atom is -0.371 e. The standard InChI is InChI=1S/C24H20F5N3O/c25-19-9-6-14(12-20(19)26)22-16-4-3-5-17(16)23(33)32(30-22)21-13-15(31-10-1-2-11-31)7-8-18(21)24(27,28)29/h6-9,12-13H,1-5,10-11H2. The monoisotopic (exact) mass is 461 g/mol. The van der Waals surface area contributed by atoms with E-state index < -0.39 is 28.9 Å². The number of hydrogen-bond donors (Lipinski definition) is 0. The molecule has 0 radical (unpaired) electrons. The minimum absolute atomic E-state index is 0.195. The molecule has 2 aromatic carbocycles. The van der Waals surface area contributed by atoms with Crippen molar-refractivity contribution in [2.75, 3.05) is 18.0 Å². The number of benzene rings is 2. The molecule has 2 heterocycles. The fourth-order valence-corrected chi connectivity index (χ4v) is 4.72. The highest BCUT2D eigenvalue weighted by atomic mass is 19.4. The summed E-state index contributed by atoms with van der Waals surface area (Å²) in [7, 11) is 0. The number of nitrogens with zero attached hydrogens (tertiary/aromatic N) is 3. The maximum Gasteiger partial charge on any atom is 0.418 e. The van der Waals surface area contributed by atoms with Crippen LogP contribution >= 0.6 is 0 Å². The molecule has 0 saturated carbocycles. The van der Waals surface area contributed by atoms with Gasteiger partial charge < -0.3 is 4.90 Å². The highest BCUT2D eigenvalue weighted by molar-refractivity contribution is 5.66. The normalized spacial score (nSPS) is 15.8. The zero-order valence-electron chi connectivity index (χ0n) is 17.6. The summed E-state index contributed by atoms with van der Waals surface area (Å²) in [6.45, 7) is 1.44. The summed E-state index contributed by atoms with van der Waals surface area (Å²) < 4.78 is 70.0. The van der Waals surface area contributed by atoms with Crippen molar-refractivity contribution in [3.05, 3.63) is 75.1 Å². The van der Waals surface area contributed by atoms with Crippen LogP contribution in [0.4, 0.5) is 27.6 Å². The molecule has 1 saturated heterocycles. The molecule has 5 rings (SSSR count). The summed E-state index contributed by atoms with van der Waals surface area (Å²) in [5.41, 5.74) is -0.0247. The van der Waals surface area contributed by atoms with E-state index in [4.69, 9.17) is 0 Å². The lowest BCUT2D eigenvalue weighted by molar-refractivity contribution is -0.137. The van der Waals surface area contributed by atoms with Crippen molar-refractivity contribution in [3.8, 4) is 16.9 Å². The third-order valence-corrected chi connectivity index (χ3v) is 6.33. The number of fused-ring (bicyclic) bond motifs is 1. The minimum atomic E-state index is -4.71. The molecule has 1 aromatic heterocycles. The Bertz CT molecular complexity index is 1290. The van der Waals surface area contributed by atoms with E-state index in [1.165, 1.54) is 18.2 Å². The third-order valence-electron chi connectivity index (χ3n) is 6.33. The van der Waals surface area contributed by atoms with Crippen LogP contribution in [0.25, 0.3) is 16.9 Å². The number of rotatable bonds is 3. The van der Waals surface area contributed by atoms with Gasteiger partial charge in [0.25, 0.3) is 5.56 Å². The van der Waals surface area contributed by atoms with Crippen LogP contribution in [-0.4, -0.2) is 22.9 Å². The van der Waals surface area contributed by atoms with Crippen LogP contribution in [0.3, 0.4) is 0 Å². The van der Waals surface area contributed by atoms with Crippen molar-refractivity contribution in [1.29, 1.82) is 0 Å². The van der Waals surface area contributed by atoms with Crippen LogP contribution in [0.1, 0.15) is 36.0 Å². The number of halogens is 5. The van der Waals surface area contributed by atoms with Crippen LogP contribution < -0.4 is 10.5 Å². The summed E-state index contributed by atoms with van der Waals surface area (Å²) in [6.07, 6.45) is -1.32. The van der Waals surface area contributed by atoms with Crippen molar-refractivity contribution >= 4 is 5.69 Å². The van der Waals surface area contributed by atoms with Gasteiger partial charge in [-0.25, -0.2) is 8.78 Å². The Kier molecular flexibility index (Phi) is 5.22. The molecule has 1 aliphatic heterocycles. The van der Waals surface area contributed by atoms with E-state index in [9.17, 15) is 26.7 Å². The fraction of sp³-hybridized carbons (Fsp3) is 0.333. The van der Waals surface area contributed by atoms with Gasteiger partial charge in [-0.2, -0.15) is 23.0 Å². The van der Waals surface area contributed by atoms with Gasteiger partial charge in [0.15, 0.2) is 11.6 Å². The Hall–Kier alpha value is -3.23. The first-order valence-corrected chi connectivity index (χ1v) is 10.8. The van der Waals surface area contributed by atoms with Gasteiger partial charge in [0, 0.05) is 29.9 Å². The Morgan fingerprint density at radius 2 is 1.58 bits per heavy atom. The molecule has 0 atom stereocenters. The molecule has 3 aromatic rings. The van der Waals surface area contributed by atoms with Crippen LogP contribution in [0.15, 0.2) is 41.2 Å². The van der Waals surface area contributed by atoms with E-state index in [0.717, 1.165) is 48.8 Å². The smallest absolute Gasteiger partial charge is 0.371 e. The van der Waals surface area contributed by atoms with Crippen molar-refractivity contribution in [3.63, 3.8) is 0 Å². The summed E-state index contributed by atoms with van der Waals surface area (Å²) in [4.78, 5) is 15.2. The second kappa shape index (κ2) is 7.97. The first-order valence-electron chi connectivity index (χ1n) is 10.8. The molecule has 9 heteroatoms. The predicted octanol–water partition coefficient (Wildman–Crippen LogP) is 5.29. The van der Waals surface area contributed by atoms with Gasteiger partial charge in [-0.3, -0.25) is 4.79 Å². The van der Waals surface area contributed by atoms with Crippen LogP contribution in [0.5, 0.6) is 0 Å². The summed E-state index contributed by atoms with van der Waals surface area (Å²) >= 11 is 0. The van der Waals surface area contributed by atoms with Gasteiger partial charge in [-0.15, -0.1) is 0 Å². The topological polar surface area (TPSA) is 38.1 Å². The summed E-state index contributed by atoms with van der Waals surface area (Å²) in [5, 5.41) is 4.29. The molecular formula is C24H20F5N3O. The molecule has 33 heavy (non-hydrogen) atoms. The molecule has 172 valence electrons. The van der Waals surface area contributed by atoms with E-state index in [2.05, 4.69) is 5.10 Å². The van der Waals surface area contributed by atoms with Gasteiger partial charge in [-0.1, -0.05) is 0 Å². The van der Waals surface area contributed by atoms with Crippen LogP contribution in [0.2, 0.25) is 0 Å². The number of hydrogen-bond acceptors (Lipinski definition) is 3. The molecule has 1 fully saturated rings. The Labute approximate surface area is 186 Å². The predicted molar refractivity (Wildman–Crippen MR) is 114 cm³/mol. The van der Waals surface area contributed by atoms with Crippen molar-refractivity contribution in [2.24, 2.45) is 0 Å². The highest BCUT2D eigenvalue weighted by Crippen LogP contribution is 2.37. The molecule has 1 aliphatic carbocycles. The lowest BCUT2D eigenvalue weighted by Crippen LogP contribution is -2.28. The Morgan fingerprint density at radius 3 is 2.27 bits per heavy atom. The SMILES string of the molecule is O=c1c2c(c(-c3ccc(F)c(F)c3)nn1-c1cc(N3CCCC3)ccc1C(F)(F)F)CCC2. The molecule has 2 aliphatic rings. The second-order valence-electron chi connectivity index (χ2n) is 8.40. The zero-order valence-corrected chi connectivity index (χ0v) is 17.6. The quantitative estimate of drug-likeness (QED) is 0.498. The van der Waals surface area contributed by atoms with Crippen molar-refractivity contribution in [2.45, 2.75) is 38.3 Å². The second-order valence-corrected chi connectivity index (χ2v) is 8.40. The van der Waals surface area contributed by atoms with Crippen LogP contribution in [-0.2, 0) is 19.0 Å². The van der Waals surface area contributed by atoms with Gasteiger partial charge in [-0.05, 0) is 74.1 Å². The molecule has 0 unspecified atom stereocenters. The van der Waals surface area contributed by atoms with Gasteiger partial charge >= 0.3 is 6.18 Å². The Morgan fingerprint density at radius 1 is 0.848 bits per heavy atom. The lowest BCUT2D eigenvalue weighted by Gasteiger charge is -2.22.